The Morgan fingerprint density at radius 3 is 1.39 bits per heavy atom. The largest absolute Gasteiger partial charge is 0.451 e. The molecule has 1 N–H and O–H groups in total. The Morgan fingerprint density at radius 2 is 1.00 bits per heavy atom. The fraction of sp³-hybridized carbons (Fsp3) is 0. The van der Waals surface area contributed by atoms with Crippen LogP contribution >= 0.6 is 0 Å². The highest BCUT2D eigenvalue weighted by Gasteiger charge is 2.34. The summed E-state index contributed by atoms with van der Waals surface area (Å²) < 4.78 is 96.1. The third-order valence-electron chi connectivity index (χ3n) is 6.36. The van der Waals surface area contributed by atoms with Crippen molar-refractivity contribution < 1.29 is 35.3 Å². The molecule has 0 radical (unpaired) electrons. The molecule has 9 heteroatoms. The Kier molecular flexibility index (Phi) is 7.49. The van der Waals surface area contributed by atoms with Crippen molar-refractivity contribution in [1.82, 2.24) is 0 Å². The van der Waals surface area contributed by atoms with Gasteiger partial charge in [-0.2, -0.15) is 17.2 Å². The maximum absolute atomic E-state index is 14.9. The molecule has 0 spiro atoms. The van der Waals surface area contributed by atoms with E-state index in [0.29, 0.717) is 22.3 Å². The molecule has 5 aromatic rings. The predicted octanol–water partition coefficient (Wildman–Crippen LogP) is 8.54. The topological polar surface area (TPSA) is 63.6 Å². The molecule has 0 saturated carbocycles. The van der Waals surface area contributed by atoms with Crippen LogP contribution in [0.5, 0.6) is 5.75 Å². The van der Waals surface area contributed by atoms with Crippen molar-refractivity contribution in [1.29, 1.82) is 0 Å². The van der Waals surface area contributed by atoms with E-state index in [1.807, 2.05) is 42.5 Å². The van der Waals surface area contributed by atoms with Gasteiger partial charge < -0.3 is 4.74 Å². The molecule has 41 heavy (non-hydrogen) atoms. The molecular formula is C32H20F4O4S. The number of halogens is 4. The second-order valence-electron chi connectivity index (χ2n) is 8.96. The van der Waals surface area contributed by atoms with E-state index in [1.54, 1.807) is 60.7 Å². The average Bonchev–Trinajstić information content (AvgIpc) is 2.98. The third kappa shape index (κ3) is 5.37. The molecule has 5 rings (SSSR count). The van der Waals surface area contributed by atoms with Gasteiger partial charge in [0, 0.05) is 5.56 Å². The van der Waals surface area contributed by atoms with Gasteiger partial charge in [-0.3, -0.25) is 4.55 Å². The van der Waals surface area contributed by atoms with Gasteiger partial charge in [0.25, 0.3) is 0 Å². The van der Waals surface area contributed by atoms with Gasteiger partial charge in [-0.25, -0.2) is 8.78 Å². The van der Waals surface area contributed by atoms with Gasteiger partial charge in [-0.1, -0.05) is 97.6 Å². The van der Waals surface area contributed by atoms with Crippen LogP contribution in [0.2, 0.25) is 0 Å². The van der Waals surface area contributed by atoms with E-state index in [1.165, 1.54) is 0 Å². The molecule has 0 unspecified atom stereocenters. The van der Waals surface area contributed by atoms with Crippen molar-refractivity contribution >= 4 is 15.9 Å². The lowest BCUT2D eigenvalue weighted by atomic mass is 9.87. The Balaban J connectivity index is 1.77. The SMILES string of the molecule is C=C(Oc1c(F)c(F)c(S(=O)(=O)O)c(F)c1F)c1c(-c2ccccc2)cc(-c2ccccc2)cc1-c1ccccc1. The van der Waals surface area contributed by atoms with Crippen LogP contribution in [0.1, 0.15) is 5.56 Å². The van der Waals surface area contributed by atoms with Gasteiger partial charge in [0.2, 0.25) is 17.4 Å². The van der Waals surface area contributed by atoms with E-state index in [-0.39, 0.29) is 11.3 Å². The van der Waals surface area contributed by atoms with E-state index in [4.69, 9.17) is 9.29 Å². The van der Waals surface area contributed by atoms with Crippen LogP contribution in [0.25, 0.3) is 39.1 Å². The summed E-state index contributed by atoms with van der Waals surface area (Å²) in [6.45, 7) is 3.84. The molecule has 206 valence electrons. The van der Waals surface area contributed by atoms with Crippen LogP contribution in [0.4, 0.5) is 17.6 Å². The number of hydrogen-bond donors (Lipinski definition) is 1. The molecule has 0 aromatic heterocycles. The number of ether oxygens (including phenoxy) is 1. The Hall–Kier alpha value is -4.73. The van der Waals surface area contributed by atoms with Crippen molar-refractivity contribution in [3.8, 4) is 39.1 Å². The van der Waals surface area contributed by atoms with Crippen LogP contribution in [0.3, 0.4) is 0 Å². The molecular weight excluding hydrogens is 556 g/mol. The van der Waals surface area contributed by atoms with Crippen molar-refractivity contribution in [3.05, 3.63) is 139 Å². The highest BCUT2D eigenvalue weighted by molar-refractivity contribution is 7.85. The lowest BCUT2D eigenvalue weighted by molar-refractivity contribution is 0.356. The zero-order valence-corrected chi connectivity index (χ0v) is 21.9. The molecule has 0 amide bonds. The van der Waals surface area contributed by atoms with Crippen LogP contribution in [-0.4, -0.2) is 13.0 Å². The zero-order chi connectivity index (χ0) is 29.3. The number of hydrogen-bond acceptors (Lipinski definition) is 3. The normalized spacial score (nSPS) is 11.3. The van der Waals surface area contributed by atoms with Gasteiger partial charge >= 0.3 is 10.1 Å². The zero-order valence-electron chi connectivity index (χ0n) is 21.1. The number of benzene rings is 5. The quantitative estimate of drug-likeness (QED) is 0.0913. The third-order valence-corrected chi connectivity index (χ3v) is 7.23. The minimum atomic E-state index is -5.63. The van der Waals surface area contributed by atoms with Gasteiger partial charge in [-0.15, -0.1) is 0 Å². The van der Waals surface area contributed by atoms with Crippen LogP contribution in [-0.2, 0) is 10.1 Å². The summed E-state index contributed by atoms with van der Waals surface area (Å²) in [5, 5.41) is 0. The molecule has 5 aromatic carbocycles. The maximum atomic E-state index is 14.9. The molecule has 0 heterocycles. The average molecular weight is 577 g/mol. The first-order valence-corrected chi connectivity index (χ1v) is 13.6. The lowest BCUT2D eigenvalue weighted by Gasteiger charge is -2.21. The second kappa shape index (κ2) is 11.0. The van der Waals surface area contributed by atoms with E-state index in [9.17, 15) is 26.0 Å². The first-order valence-electron chi connectivity index (χ1n) is 12.1. The molecule has 0 saturated heterocycles. The van der Waals surface area contributed by atoms with Crippen molar-refractivity contribution in [2.75, 3.05) is 0 Å². The molecule has 0 fully saturated rings. The Morgan fingerprint density at radius 1 is 0.610 bits per heavy atom. The highest BCUT2D eigenvalue weighted by atomic mass is 32.2. The molecule has 0 aliphatic carbocycles. The summed E-state index contributed by atoms with van der Waals surface area (Å²) in [5.41, 5.74) is 4.37. The standard InChI is InChI=1S/C32H20F4O4S/c1-19(40-31-27(33)29(35)32(41(37,38)39)30(36)28(31)34)26-24(21-13-7-3-8-14-21)17-23(20-11-5-2-6-12-20)18-25(26)22-15-9-4-10-16-22/h2-18H,1H2,(H,37,38,39). The first-order chi connectivity index (χ1) is 19.6. The van der Waals surface area contributed by atoms with Gasteiger partial charge in [0.1, 0.15) is 5.76 Å². The minimum absolute atomic E-state index is 0.264. The number of rotatable bonds is 7. The fourth-order valence-corrected chi connectivity index (χ4v) is 5.14. The van der Waals surface area contributed by atoms with E-state index in [2.05, 4.69) is 6.58 Å². The molecule has 0 aliphatic heterocycles. The minimum Gasteiger partial charge on any atom is -0.451 e. The summed E-state index contributed by atoms with van der Waals surface area (Å²) in [6.07, 6.45) is 0. The smallest absolute Gasteiger partial charge is 0.300 e. The fourth-order valence-electron chi connectivity index (χ4n) is 4.51. The van der Waals surface area contributed by atoms with E-state index < -0.39 is 44.0 Å². The highest BCUT2D eigenvalue weighted by Crippen LogP contribution is 2.42. The van der Waals surface area contributed by atoms with Gasteiger partial charge in [0.05, 0.1) is 0 Å². The van der Waals surface area contributed by atoms with Crippen LogP contribution in [0, 0.1) is 23.3 Å². The Bertz CT molecular complexity index is 1790. The summed E-state index contributed by atoms with van der Waals surface area (Å²) in [4.78, 5) is -2.16. The molecule has 0 atom stereocenters. The Labute approximate surface area is 233 Å². The van der Waals surface area contributed by atoms with Crippen molar-refractivity contribution in [2.45, 2.75) is 4.90 Å². The molecule has 0 aliphatic rings. The summed E-state index contributed by atoms with van der Waals surface area (Å²) in [5.74, 6) is -10.9. The second-order valence-corrected chi connectivity index (χ2v) is 10.3. The molecule has 0 bridgehead atoms. The van der Waals surface area contributed by atoms with E-state index in [0.717, 1.165) is 11.1 Å². The lowest BCUT2D eigenvalue weighted by Crippen LogP contribution is -2.12. The van der Waals surface area contributed by atoms with Gasteiger partial charge in [-0.05, 0) is 45.5 Å². The van der Waals surface area contributed by atoms with E-state index >= 15 is 0 Å². The predicted molar refractivity (Wildman–Crippen MR) is 149 cm³/mol. The van der Waals surface area contributed by atoms with Crippen molar-refractivity contribution in [3.63, 3.8) is 0 Å². The maximum Gasteiger partial charge on any atom is 0.300 e. The van der Waals surface area contributed by atoms with Gasteiger partial charge in [0.15, 0.2) is 16.5 Å². The summed E-state index contributed by atoms with van der Waals surface area (Å²) in [6, 6.07) is 31.1. The first kappa shape index (κ1) is 27.8. The summed E-state index contributed by atoms with van der Waals surface area (Å²) in [7, 11) is -5.63. The van der Waals surface area contributed by atoms with Crippen LogP contribution in [0.15, 0.2) is 115 Å². The van der Waals surface area contributed by atoms with Crippen LogP contribution < -0.4 is 4.74 Å². The molecule has 4 nitrogen and oxygen atoms in total. The van der Waals surface area contributed by atoms with Crippen molar-refractivity contribution in [2.24, 2.45) is 0 Å². The monoisotopic (exact) mass is 576 g/mol. The summed E-state index contributed by atoms with van der Waals surface area (Å²) >= 11 is 0.